The molecule has 0 spiro atoms. The molecular weight excluding hydrogens is 390 g/mol. The summed E-state index contributed by atoms with van der Waals surface area (Å²) in [7, 11) is 0. The van der Waals surface area contributed by atoms with Gasteiger partial charge >= 0.3 is 0 Å². The minimum atomic E-state index is -0.161. The molecule has 0 unspecified atom stereocenters. The summed E-state index contributed by atoms with van der Waals surface area (Å²) in [4.78, 5) is 31.2. The van der Waals surface area contributed by atoms with Crippen LogP contribution in [0.2, 0.25) is 0 Å². The van der Waals surface area contributed by atoms with E-state index in [2.05, 4.69) is 26.2 Å². The molecule has 0 bridgehead atoms. The van der Waals surface area contributed by atoms with Crippen molar-refractivity contribution in [1.82, 2.24) is 10.3 Å². The number of aromatic nitrogens is 1. The Morgan fingerprint density at radius 1 is 1.42 bits per heavy atom. The molecule has 0 aliphatic carbocycles. The van der Waals surface area contributed by atoms with Crippen molar-refractivity contribution < 1.29 is 9.59 Å². The Morgan fingerprint density at radius 2 is 2.17 bits per heavy atom. The topological polar surface area (TPSA) is 62.3 Å². The number of hydrogen-bond donors (Lipinski definition) is 1. The lowest BCUT2D eigenvalue weighted by molar-refractivity contribution is -0.118. The van der Waals surface area contributed by atoms with E-state index in [1.165, 1.54) is 11.3 Å². The average Bonchev–Trinajstić information content (AvgIpc) is 2.98. The van der Waals surface area contributed by atoms with E-state index in [1.54, 1.807) is 11.8 Å². The van der Waals surface area contributed by atoms with Crippen molar-refractivity contribution in [2.75, 3.05) is 11.4 Å². The molecule has 24 heavy (non-hydrogen) atoms. The van der Waals surface area contributed by atoms with Gasteiger partial charge in [0.15, 0.2) is 5.13 Å². The molecule has 7 heteroatoms. The summed E-state index contributed by atoms with van der Waals surface area (Å²) < 4.78 is 0. The van der Waals surface area contributed by atoms with Crippen molar-refractivity contribution in [3.8, 4) is 0 Å². The summed E-state index contributed by atoms with van der Waals surface area (Å²) in [6.45, 7) is 2.93. The van der Waals surface area contributed by atoms with Crippen molar-refractivity contribution in [1.29, 1.82) is 0 Å². The monoisotopic (exact) mass is 407 g/mol. The third kappa shape index (κ3) is 3.67. The Kier molecular flexibility index (Phi) is 5.30. The number of carbonyl (C=O) groups excluding carboxylic acids is 2. The van der Waals surface area contributed by atoms with E-state index in [1.807, 2.05) is 30.3 Å². The summed E-state index contributed by atoms with van der Waals surface area (Å²) in [6.07, 6.45) is 1.76. The lowest BCUT2D eigenvalue weighted by Crippen LogP contribution is -2.41. The number of rotatable bonds is 4. The van der Waals surface area contributed by atoms with Crippen molar-refractivity contribution in [2.24, 2.45) is 0 Å². The summed E-state index contributed by atoms with van der Waals surface area (Å²) in [5.74, 6) is -0.133. The maximum absolute atomic E-state index is 12.4. The standard InChI is InChI=1S/C17H18BrN3O2S/c1-11-14(15(22)19-10-12-6-3-2-4-7-12)24-17(20-11)21-9-5-8-13(18)16(21)23/h2-4,6-7,13H,5,8-10H2,1H3,(H,19,22)/t13-/m1/s1. The maximum atomic E-state index is 12.4. The predicted molar refractivity (Wildman–Crippen MR) is 98.8 cm³/mol. The summed E-state index contributed by atoms with van der Waals surface area (Å²) in [5, 5.41) is 3.51. The lowest BCUT2D eigenvalue weighted by atomic mass is 10.1. The highest BCUT2D eigenvalue weighted by Crippen LogP contribution is 2.30. The van der Waals surface area contributed by atoms with Crippen molar-refractivity contribution in [2.45, 2.75) is 31.1 Å². The fourth-order valence-electron chi connectivity index (χ4n) is 2.59. The zero-order valence-corrected chi connectivity index (χ0v) is 15.7. The number of nitrogens with zero attached hydrogens (tertiary/aromatic N) is 2. The predicted octanol–water partition coefficient (Wildman–Crippen LogP) is 3.27. The Morgan fingerprint density at radius 3 is 2.92 bits per heavy atom. The molecule has 1 atom stereocenters. The number of amides is 2. The van der Waals surface area contributed by atoms with Gasteiger partial charge in [0, 0.05) is 13.1 Å². The number of benzene rings is 1. The molecule has 2 heterocycles. The summed E-state index contributed by atoms with van der Waals surface area (Å²) in [6, 6.07) is 9.76. The van der Waals surface area contributed by atoms with Crippen LogP contribution >= 0.6 is 27.3 Å². The van der Waals surface area contributed by atoms with Crippen LogP contribution in [0.1, 0.15) is 33.8 Å². The Hall–Kier alpha value is -1.73. The molecule has 5 nitrogen and oxygen atoms in total. The number of piperidine rings is 1. The van der Waals surface area contributed by atoms with Crippen LogP contribution < -0.4 is 10.2 Å². The number of carbonyl (C=O) groups is 2. The second-order valence-electron chi connectivity index (χ2n) is 5.68. The lowest BCUT2D eigenvalue weighted by Gasteiger charge is -2.27. The Balaban J connectivity index is 1.71. The van der Waals surface area contributed by atoms with E-state index in [0.717, 1.165) is 18.4 Å². The molecule has 1 aliphatic rings. The van der Waals surface area contributed by atoms with Gasteiger partial charge < -0.3 is 5.32 Å². The molecule has 1 aromatic carbocycles. The fraction of sp³-hybridized carbons (Fsp3) is 0.353. The normalized spacial score (nSPS) is 17.8. The van der Waals surface area contributed by atoms with Crippen LogP contribution in [0.15, 0.2) is 30.3 Å². The fourth-order valence-corrected chi connectivity index (χ4v) is 4.17. The van der Waals surface area contributed by atoms with Crippen LogP contribution in [0, 0.1) is 6.92 Å². The molecule has 1 N–H and O–H groups in total. The first-order valence-electron chi connectivity index (χ1n) is 7.81. The first kappa shape index (κ1) is 17.1. The van der Waals surface area contributed by atoms with E-state index in [9.17, 15) is 9.59 Å². The molecule has 1 fully saturated rings. The van der Waals surface area contributed by atoms with Gasteiger partial charge in [0.1, 0.15) is 4.88 Å². The number of halogens is 1. The molecule has 0 saturated carbocycles. The second-order valence-corrected chi connectivity index (χ2v) is 7.76. The SMILES string of the molecule is Cc1nc(N2CCC[C@@H](Br)C2=O)sc1C(=O)NCc1ccccc1. The number of thiazole rings is 1. The Bertz CT molecular complexity index is 748. The van der Waals surface area contributed by atoms with Crippen LogP contribution in [-0.2, 0) is 11.3 Å². The average molecular weight is 408 g/mol. The largest absolute Gasteiger partial charge is 0.347 e. The van der Waals surface area contributed by atoms with Crippen LogP contribution in [0.4, 0.5) is 5.13 Å². The van der Waals surface area contributed by atoms with Gasteiger partial charge in [-0.05, 0) is 25.3 Å². The first-order chi connectivity index (χ1) is 11.6. The molecule has 126 valence electrons. The highest BCUT2D eigenvalue weighted by molar-refractivity contribution is 9.10. The highest BCUT2D eigenvalue weighted by Gasteiger charge is 2.30. The molecule has 1 aliphatic heterocycles. The minimum absolute atomic E-state index is 0.0197. The van der Waals surface area contributed by atoms with Crippen molar-refractivity contribution in [3.63, 3.8) is 0 Å². The third-order valence-electron chi connectivity index (χ3n) is 3.89. The zero-order valence-electron chi connectivity index (χ0n) is 13.3. The summed E-state index contributed by atoms with van der Waals surface area (Å²) >= 11 is 4.68. The molecule has 1 aromatic heterocycles. The number of nitrogens with one attached hydrogen (secondary N) is 1. The van der Waals surface area contributed by atoms with Crippen LogP contribution in [0.5, 0.6) is 0 Å². The molecule has 2 amide bonds. The van der Waals surface area contributed by atoms with Gasteiger partial charge in [-0.2, -0.15) is 0 Å². The maximum Gasteiger partial charge on any atom is 0.263 e. The van der Waals surface area contributed by atoms with E-state index in [4.69, 9.17) is 0 Å². The van der Waals surface area contributed by atoms with Gasteiger partial charge in [0.05, 0.1) is 10.5 Å². The van der Waals surface area contributed by atoms with E-state index < -0.39 is 0 Å². The molecule has 1 saturated heterocycles. The van der Waals surface area contributed by atoms with Crippen LogP contribution in [-0.4, -0.2) is 28.2 Å². The first-order valence-corrected chi connectivity index (χ1v) is 9.54. The molecule has 3 rings (SSSR count). The van der Waals surface area contributed by atoms with Crippen LogP contribution in [0.3, 0.4) is 0 Å². The molecule has 0 radical (unpaired) electrons. The number of hydrogen-bond acceptors (Lipinski definition) is 4. The van der Waals surface area contributed by atoms with Crippen molar-refractivity contribution >= 4 is 44.2 Å². The van der Waals surface area contributed by atoms with E-state index in [-0.39, 0.29) is 16.6 Å². The minimum Gasteiger partial charge on any atom is -0.347 e. The number of anilines is 1. The zero-order chi connectivity index (χ0) is 17.1. The summed E-state index contributed by atoms with van der Waals surface area (Å²) in [5.41, 5.74) is 1.70. The Labute approximate surface area is 153 Å². The van der Waals surface area contributed by atoms with Crippen LogP contribution in [0.25, 0.3) is 0 Å². The van der Waals surface area contributed by atoms with E-state index in [0.29, 0.717) is 28.8 Å². The quantitative estimate of drug-likeness (QED) is 0.790. The van der Waals surface area contributed by atoms with Gasteiger partial charge in [-0.1, -0.05) is 57.6 Å². The number of aryl methyl sites for hydroxylation is 1. The second kappa shape index (κ2) is 7.44. The van der Waals surface area contributed by atoms with Gasteiger partial charge in [0.25, 0.3) is 5.91 Å². The van der Waals surface area contributed by atoms with Gasteiger partial charge in [0.2, 0.25) is 5.91 Å². The smallest absolute Gasteiger partial charge is 0.263 e. The van der Waals surface area contributed by atoms with Gasteiger partial charge in [-0.25, -0.2) is 4.98 Å². The van der Waals surface area contributed by atoms with E-state index >= 15 is 0 Å². The molecular formula is C17H18BrN3O2S. The van der Waals surface area contributed by atoms with Gasteiger partial charge in [-0.15, -0.1) is 0 Å². The van der Waals surface area contributed by atoms with Gasteiger partial charge in [-0.3, -0.25) is 14.5 Å². The highest BCUT2D eigenvalue weighted by atomic mass is 79.9. The molecule has 2 aromatic rings. The third-order valence-corrected chi connectivity index (χ3v) is 5.92. The van der Waals surface area contributed by atoms with Crippen molar-refractivity contribution in [3.05, 3.63) is 46.5 Å². The number of alkyl halides is 1.